The van der Waals surface area contributed by atoms with Crippen molar-refractivity contribution < 1.29 is 19.1 Å². The van der Waals surface area contributed by atoms with Crippen LogP contribution < -0.4 is 20.2 Å². The maximum Gasteiger partial charge on any atom is 0.259 e. The fourth-order valence-electron chi connectivity index (χ4n) is 2.31. The van der Waals surface area contributed by atoms with Gasteiger partial charge in [0.05, 0.1) is 12.3 Å². The van der Waals surface area contributed by atoms with Gasteiger partial charge in [-0.05, 0) is 36.8 Å². The van der Waals surface area contributed by atoms with Crippen LogP contribution in [0.1, 0.15) is 22.8 Å². The van der Waals surface area contributed by atoms with E-state index < -0.39 is 5.91 Å². The molecule has 0 atom stereocenters. The third kappa shape index (κ3) is 5.18. The zero-order valence-electron chi connectivity index (χ0n) is 14.8. The van der Waals surface area contributed by atoms with Crippen LogP contribution in [0.4, 0.5) is 0 Å². The quantitative estimate of drug-likeness (QED) is 0.607. The minimum Gasteiger partial charge on any atom is -0.454 e. The molecule has 0 aromatic heterocycles. The molecule has 0 aliphatic carbocycles. The summed E-state index contributed by atoms with van der Waals surface area (Å²) in [5.41, 5.74) is 4.46. The Morgan fingerprint density at radius 2 is 1.89 bits per heavy atom. The highest BCUT2D eigenvalue weighted by Crippen LogP contribution is 2.32. The van der Waals surface area contributed by atoms with Gasteiger partial charge in [-0.1, -0.05) is 36.4 Å². The van der Waals surface area contributed by atoms with Gasteiger partial charge in [-0.25, -0.2) is 5.43 Å². The Hall–Kier alpha value is -3.61. The molecule has 2 N–H and O–H groups in total. The summed E-state index contributed by atoms with van der Waals surface area (Å²) in [5.74, 6) is 0.305. The second-order valence-electron chi connectivity index (χ2n) is 5.78. The van der Waals surface area contributed by atoms with Gasteiger partial charge in [0.1, 0.15) is 0 Å². The summed E-state index contributed by atoms with van der Waals surface area (Å²) in [4.78, 5) is 24.0. The summed E-state index contributed by atoms with van der Waals surface area (Å²) >= 11 is 0. The van der Waals surface area contributed by atoms with Gasteiger partial charge in [0.25, 0.3) is 11.8 Å². The van der Waals surface area contributed by atoms with E-state index in [0.717, 1.165) is 5.56 Å². The summed E-state index contributed by atoms with van der Waals surface area (Å²) in [6, 6.07) is 14.6. The summed E-state index contributed by atoms with van der Waals surface area (Å²) in [6.45, 7) is 1.72. The van der Waals surface area contributed by atoms with Crippen molar-refractivity contribution in [3.05, 3.63) is 65.7 Å². The number of benzene rings is 2. The Bertz CT molecular complexity index is 891. The third-order valence-electron chi connectivity index (χ3n) is 3.72. The zero-order valence-corrected chi connectivity index (χ0v) is 14.8. The number of hydrogen-bond acceptors (Lipinski definition) is 5. The number of allylic oxidation sites excluding steroid dienone is 1. The molecule has 27 heavy (non-hydrogen) atoms. The highest BCUT2D eigenvalue weighted by atomic mass is 16.7. The maximum atomic E-state index is 12.1. The Balaban J connectivity index is 1.46. The molecule has 0 saturated heterocycles. The lowest BCUT2D eigenvalue weighted by molar-refractivity contribution is -0.120. The van der Waals surface area contributed by atoms with Crippen LogP contribution in [-0.2, 0) is 4.79 Å². The number of rotatable bonds is 6. The van der Waals surface area contributed by atoms with Crippen molar-refractivity contribution in [2.24, 2.45) is 5.10 Å². The average Bonchev–Trinajstić information content (AvgIpc) is 3.17. The normalized spacial score (nSPS) is 12.9. The number of hydrazone groups is 1. The van der Waals surface area contributed by atoms with Gasteiger partial charge >= 0.3 is 0 Å². The molecule has 1 aliphatic rings. The van der Waals surface area contributed by atoms with E-state index in [1.54, 1.807) is 31.2 Å². The summed E-state index contributed by atoms with van der Waals surface area (Å²) < 4.78 is 10.4. The minimum absolute atomic E-state index is 0.138. The number of carbonyl (C=O) groups excluding carboxylic acids is 2. The molecule has 138 valence electrons. The van der Waals surface area contributed by atoms with E-state index >= 15 is 0 Å². The number of amides is 2. The largest absolute Gasteiger partial charge is 0.454 e. The van der Waals surface area contributed by atoms with Crippen molar-refractivity contribution >= 4 is 23.6 Å². The number of nitrogens with zero attached hydrogens (tertiary/aromatic N) is 1. The van der Waals surface area contributed by atoms with Crippen LogP contribution in [0.2, 0.25) is 0 Å². The minimum atomic E-state index is -0.420. The van der Waals surface area contributed by atoms with Gasteiger partial charge in [-0.2, -0.15) is 5.10 Å². The SMILES string of the molecule is CC(/C=C/c1ccccc1)=NNC(=O)CNC(=O)c1ccc2c(c1)OCO2. The van der Waals surface area contributed by atoms with Gasteiger partial charge < -0.3 is 14.8 Å². The Morgan fingerprint density at radius 1 is 1.11 bits per heavy atom. The first-order valence-electron chi connectivity index (χ1n) is 8.36. The van der Waals surface area contributed by atoms with Gasteiger partial charge in [0.2, 0.25) is 6.79 Å². The molecule has 2 aromatic rings. The molecule has 3 rings (SSSR count). The van der Waals surface area contributed by atoms with E-state index in [4.69, 9.17) is 9.47 Å². The fourth-order valence-corrected chi connectivity index (χ4v) is 2.31. The smallest absolute Gasteiger partial charge is 0.259 e. The molecule has 1 aliphatic heterocycles. The van der Waals surface area contributed by atoms with Gasteiger partial charge in [0, 0.05) is 5.56 Å². The Kier molecular flexibility index (Phi) is 5.84. The van der Waals surface area contributed by atoms with E-state index in [0.29, 0.717) is 22.8 Å². The molecule has 0 fully saturated rings. The predicted octanol–water partition coefficient (Wildman–Crippen LogP) is 2.35. The molecule has 0 radical (unpaired) electrons. The van der Waals surface area contributed by atoms with Crippen LogP contribution in [0.25, 0.3) is 6.08 Å². The molecule has 0 spiro atoms. The van der Waals surface area contributed by atoms with Crippen LogP contribution in [0.5, 0.6) is 11.5 Å². The number of carbonyl (C=O) groups is 2. The molecule has 7 nitrogen and oxygen atoms in total. The topological polar surface area (TPSA) is 89.0 Å². The predicted molar refractivity (Wildman–Crippen MR) is 102 cm³/mol. The van der Waals surface area contributed by atoms with Crippen molar-refractivity contribution in [1.82, 2.24) is 10.7 Å². The van der Waals surface area contributed by atoms with Crippen molar-refractivity contribution in [1.29, 1.82) is 0 Å². The molecule has 0 bridgehead atoms. The molecule has 0 saturated carbocycles. The molecular weight excluding hydrogens is 346 g/mol. The van der Waals surface area contributed by atoms with Gasteiger partial charge in [0.15, 0.2) is 11.5 Å². The third-order valence-corrected chi connectivity index (χ3v) is 3.72. The van der Waals surface area contributed by atoms with E-state index in [1.807, 2.05) is 36.4 Å². The monoisotopic (exact) mass is 365 g/mol. The molecule has 2 amide bonds. The Morgan fingerprint density at radius 3 is 2.70 bits per heavy atom. The van der Waals surface area contributed by atoms with Crippen LogP contribution in [0.3, 0.4) is 0 Å². The number of hydrogen-bond donors (Lipinski definition) is 2. The van der Waals surface area contributed by atoms with Crippen LogP contribution in [0, 0.1) is 0 Å². The van der Waals surface area contributed by atoms with Gasteiger partial charge in [-0.3, -0.25) is 9.59 Å². The maximum absolute atomic E-state index is 12.1. The second-order valence-corrected chi connectivity index (χ2v) is 5.78. The average molecular weight is 365 g/mol. The van der Waals surface area contributed by atoms with Crippen molar-refractivity contribution in [3.8, 4) is 11.5 Å². The number of fused-ring (bicyclic) bond motifs is 1. The zero-order chi connectivity index (χ0) is 19.1. The van der Waals surface area contributed by atoms with E-state index in [9.17, 15) is 9.59 Å². The van der Waals surface area contributed by atoms with Crippen LogP contribution in [0.15, 0.2) is 59.7 Å². The first-order chi connectivity index (χ1) is 13.1. The van der Waals surface area contributed by atoms with Crippen molar-refractivity contribution in [3.63, 3.8) is 0 Å². The summed E-state index contributed by atoms with van der Waals surface area (Å²) in [7, 11) is 0. The van der Waals surface area contributed by atoms with E-state index in [1.165, 1.54) is 0 Å². The van der Waals surface area contributed by atoms with E-state index in [2.05, 4.69) is 15.8 Å². The first-order valence-corrected chi connectivity index (χ1v) is 8.36. The molecule has 1 heterocycles. The van der Waals surface area contributed by atoms with Gasteiger partial charge in [-0.15, -0.1) is 0 Å². The van der Waals surface area contributed by atoms with Crippen LogP contribution in [-0.4, -0.2) is 30.9 Å². The van der Waals surface area contributed by atoms with E-state index in [-0.39, 0.29) is 19.2 Å². The molecule has 2 aromatic carbocycles. The number of ether oxygens (including phenoxy) is 2. The molecule has 0 unspecified atom stereocenters. The van der Waals surface area contributed by atoms with Crippen molar-refractivity contribution in [2.45, 2.75) is 6.92 Å². The first kappa shape index (κ1) is 18.2. The summed E-state index contributed by atoms with van der Waals surface area (Å²) in [6.07, 6.45) is 3.69. The lowest BCUT2D eigenvalue weighted by Gasteiger charge is -2.05. The second kappa shape index (κ2) is 8.66. The highest BCUT2D eigenvalue weighted by Gasteiger charge is 2.16. The standard InChI is InChI=1S/C20H19N3O4/c1-14(7-8-15-5-3-2-4-6-15)22-23-19(24)12-21-20(25)16-9-10-17-18(11-16)27-13-26-17/h2-11H,12-13H2,1H3,(H,21,25)(H,23,24)/b8-7+,22-14?. The lowest BCUT2D eigenvalue weighted by atomic mass is 10.2. The Labute approximate surface area is 156 Å². The lowest BCUT2D eigenvalue weighted by Crippen LogP contribution is -2.35. The highest BCUT2D eigenvalue weighted by molar-refractivity contribution is 5.98. The number of nitrogens with one attached hydrogen (secondary N) is 2. The van der Waals surface area contributed by atoms with Crippen molar-refractivity contribution in [2.75, 3.05) is 13.3 Å². The fraction of sp³-hybridized carbons (Fsp3) is 0.150. The van der Waals surface area contributed by atoms with Crippen LogP contribution >= 0.6 is 0 Å². The summed E-state index contributed by atoms with van der Waals surface area (Å²) in [5, 5.41) is 6.52. The molecule has 7 heteroatoms. The molecular formula is C20H19N3O4.